The number of carbonyl (C=O) groups excluding carboxylic acids is 1. The summed E-state index contributed by atoms with van der Waals surface area (Å²) < 4.78 is 0. The molecule has 7 heteroatoms. The van der Waals surface area contributed by atoms with Crippen molar-refractivity contribution in [2.75, 3.05) is 19.6 Å². The summed E-state index contributed by atoms with van der Waals surface area (Å²) in [4.78, 5) is 24.0. The molecule has 0 radical (unpaired) electrons. The van der Waals surface area contributed by atoms with Crippen LogP contribution in [0.5, 0.6) is 0 Å². The number of hydrogen-bond donors (Lipinski definition) is 2. The van der Waals surface area contributed by atoms with Gasteiger partial charge in [0.25, 0.3) is 0 Å². The van der Waals surface area contributed by atoms with Gasteiger partial charge in [-0.3, -0.25) is 9.69 Å². The molecule has 3 heterocycles. The normalized spacial score (nSPS) is 15.3. The molecule has 4 rings (SSSR count). The molecule has 6 nitrogen and oxygen atoms in total. The van der Waals surface area contributed by atoms with Crippen LogP contribution in [0.4, 0.5) is 0 Å². The van der Waals surface area contributed by atoms with E-state index < -0.39 is 6.10 Å². The molecule has 0 fully saturated rings. The van der Waals surface area contributed by atoms with Crippen LogP contribution in [0.2, 0.25) is 0 Å². The molecule has 1 aliphatic heterocycles. The monoisotopic (exact) mass is 396 g/mol. The molecule has 2 N–H and O–H groups in total. The first-order chi connectivity index (χ1) is 13.7. The number of benzene rings is 1. The van der Waals surface area contributed by atoms with Crippen molar-refractivity contribution >= 4 is 27.6 Å². The Hall–Kier alpha value is -2.35. The summed E-state index contributed by atoms with van der Waals surface area (Å²) >= 11 is 1.52. The summed E-state index contributed by atoms with van der Waals surface area (Å²) in [5.41, 5.74) is 3.60. The molecular formula is C21H24N4O2S. The third-order valence-electron chi connectivity index (χ3n) is 4.99. The van der Waals surface area contributed by atoms with E-state index in [1.165, 1.54) is 22.5 Å². The second-order valence-corrected chi connectivity index (χ2v) is 8.21. The predicted molar refractivity (Wildman–Crippen MR) is 110 cm³/mol. The molecule has 0 spiro atoms. The molecule has 1 atom stereocenters. The molecule has 0 aliphatic carbocycles. The second kappa shape index (κ2) is 8.77. The number of pyridine rings is 1. The van der Waals surface area contributed by atoms with Crippen molar-refractivity contribution in [3.63, 3.8) is 0 Å². The Morgan fingerprint density at radius 1 is 1.25 bits per heavy atom. The first kappa shape index (κ1) is 19.0. The fraction of sp³-hybridized carbons (Fsp3) is 0.381. The molecule has 0 saturated heterocycles. The Bertz CT molecular complexity index is 925. The van der Waals surface area contributed by atoms with Gasteiger partial charge in [0.2, 0.25) is 5.91 Å². The zero-order valence-electron chi connectivity index (χ0n) is 15.7. The minimum atomic E-state index is -0.569. The first-order valence-electron chi connectivity index (χ1n) is 9.62. The van der Waals surface area contributed by atoms with Gasteiger partial charge in [-0.1, -0.05) is 35.6 Å². The van der Waals surface area contributed by atoms with Crippen molar-refractivity contribution in [1.29, 1.82) is 0 Å². The highest BCUT2D eigenvalue weighted by Crippen LogP contribution is 2.20. The lowest BCUT2D eigenvalue weighted by Crippen LogP contribution is -2.42. The smallest absolute Gasteiger partial charge is 0.220 e. The fourth-order valence-electron chi connectivity index (χ4n) is 3.53. The van der Waals surface area contributed by atoms with Crippen LogP contribution in [0.3, 0.4) is 0 Å². The summed E-state index contributed by atoms with van der Waals surface area (Å²) in [7, 11) is 0. The van der Waals surface area contributed by atoms with E-state index in [9.17, 15) is 9.90 Å². The molecule has 0 unspecified atom stereocenters. The minimum absolute atomic E-state index is 0.0599. The average Bonchev–Trinajstić information content (AvgIpc) is 3.14. The largest absolute Gasteiger partial charge is 0.390 e. The van der Waals surface area contributed by atoms with Crippen LogP contribution in [-0.2, 0) is 24.2 Å². The summed E-state index contributed by atoms with van der Waals surface area (Å²) in [6, 6.07) is 12.2. The van der Waals surface area contributed by atoms with E-state index in [1.807, 2.05) is 12.1 Å². The summed E-state index contributed by atoms with van der Waals surface area (Å²) in [5.74, 6) is -0.0599. The number of aliphatic hydroxyl groups excluding tert-OH is 1. The van der Waals surface area contributed by atoms with Gasteiger partial charge >= 0.3 is 0 Å². The summed E-state index contributed by atoms with van der Waals surface area (Å²) in [6.07, 6.45) is 3.14. The van der Waals surface area contributed by atoms with E-state index in [0.717, 1.165) is 34.9 Å². The second-order valence-electron chi connectivity index (χ2n) is 7.15. The number of fused-ring (bicyclic) bond motifs is 2. The van der Waals surface area contributed by atoms with Gasteiger partial charge in [-0.05, 0) is 29.7 Å². The van der Waals surface area contributed by atoms with Gasteiger partial charge in [0.05, 0.1) is 11.1 Å². The predicted octanol–water partition coefficient (Wildman–Crippen LogP) is 2.16. The van der Waals surface area contributed by atoms with E-state index >= 15 is 0 Å². The molecule has 28 heavy (non-hydrogen) atoms. The van der Waals surface area contributed by atoms with Crippen LogP contribution in [-0.4, -0.2) is 51.6 Å². The summed E-state index contributed by atoms with van der Waals surface area (Å²) in [6.45, 7) is 2.64. The fourth-order valence-corrected chi connectivity index (χ4v) is 4.44. The van der Waals surface area contributed by atoms with Crippen LogP contribution >= 0.6 is 11.3 Å². The maximum atomic E-state index is 12.1. The lowest BCUT2D eigenvalue weighted by atomic mass is 10.00. The van der Waals surface area contributed by atoms with Crippen molar-refractivity contribution < 1.29 is 9.90 Å². The number of thiazole rings is 1. The molecule has 1 aromatic carbocycles. The number of aryl methyl sites for hydroxylation is 1. The minimum Gasteiger partial charge on any atom is -0.390 e. The molecule has 1 amide bonds. The lowest BCUT2D eigenvalue weighted by Gasteiger charge is -2.30. The highest BCUT2D eigenvalue weighted by atomic mass is 32.1. The molecule has 3 aromatic rings. The van der Waals surface area contributed by atoms with E-state index in [0.29, 0.717) is 19.4 Å². The van der Waals surface area contributed by atoms with Gasteiger partial charge < -0.3 is 10.4 Å². The van der Waals surface area contributed by atoms with Gasteiger partial charge in [-0.15, -0.1) is 0 Å². The van der Waals surface area contributed by atoms with Crippen LogP contribution in [0.1, 0.15) is 22.6 Å². The Morgan fingerprint density at radius 3 is 2.96 bits per heavy atom. The third-order valence-corrected chi connectivity index (χ3v) is 6.03. The number of aliphatic hydroxyl groups is 1. The van der Waals surface area contributed by atoms with Gasteiger partial charge in [-0.25, -0.2) is 9.97 Å². The number of aromatic nitrogens is 2. The zero-order chi connectivity index (χ0) is 19.3. The van der Waals surface area contributed by atoms with E-state index in [4.69, 9.17) is 0 Å². The third kappa shape index (κ3) is 4.73. The quantitative estimate of drug-likeness (QED) is 0.640. The van der Waals surface area contributed by atoms with E-state index in [1.54, 1.807) is 6.20 Å². The molecule has 146 valence electrons. The molecule has 0 bridgehead atoms. The Kier molecular flexibility index (Phi) is 5.95. The van der Waals surface area contributed by atoms with Crippen molar-refractivity contribution in [2.45, 2.75) is 31.9 Å². The van der Waals surface area contributed by atoms with Gasteiger partial charge in [-0.2, -0.15) is 0 Å². The van der Waals surface area contributed by atoms with Crippen molar-refractivity contribution in [3.05, 3.63) is 58.7 Å². The van der Waals surface area contributed by atoms with E-state index in [2.05, 4.69) is 44.5 Å². The number of carbonyl (C=O) groups is 1. The van der Waals surface area contributed by atoms with Crippen LogP contribution in [0, 0.1) is 0 Å². The number of amides is 1. The van der Waals surface area contributed by atoms with Crippen molar-refractivity contribution in [2.24, 2.45) is 0 Å². The van der Waals surface area contributed by atoms with Gasteiger partial charge in [0, 0.05) is 45.2 Å². The number of rotatable bonds is 7. The van der Waals surface area contributed by atoms with Crippen molar-refractivity contribution in [1.82, 2.24) is 20.2 Å². The van der Waals surface area contributed by atoms with Crippen LogP contribution in [0.15, 0.2) is 42.6 Å². The zero-order valence-corrected chi connectivity index (χ0v) is 16.5. The number of β-amino-alcohol motifs (C(OH)–C–C–N with tert-alkyl or cyclic N) is 1. The van der Waals surface area contributed by atoms with Crippen LogP contribution in [0.25, 0.3) is 10.3 Å². The standard InChI is InChI=1S/C21H24N4O2S/c26-17(14-25-11-9-15-4-1-2-5-16(15)13-25)12-23-19(27)7-8-20-24-18-6-3-10-22-21(18)28-20/h1-6,10,17,26H,7-9,11-14H2,(H,23,27)/t17-/m1/s1. The van der Waals surface area contributed by atoms with Crippen molar-refractivity contribution in [3.8, 4) is 0 Å². The van der Waals surface area contributed by atoms with E-state index in [-0.39, 0.29) is 12.5 Å². The number of hydrogen-bond acceptors (Lipinski definition) is 6. The van der Waals surface area contributed by atoms with Gasteiger partial charge in [0.1, 0.15) is 10.3 Å². The SMILES string of the molecule is O=C(CCc1nc2cccnc2s1)NC[C@@H](O)CN1CCc2ccccc2C1. The maximum Gasteiger partial charge on any atom is 0.220 e. The number of nitrogens with one attached hydrogen (secondary N) is 1. The lowest BCUT2D eigenvalue weighted by molar-refractivity contribution is -0.121. The first-order valence-corrected chi connectivity index (χ1v) is 10.4. The summed E-state index contributed by atoms with van der Waals surface area (Å²) in [5, 5.41) is 14.1. The average molecular weight is 397 g/mol. The Balaban J connectivity index is 1.19. The van der Waals surface area contributed by atoms with Crippen LogP contribution < -0.4 is 5.32 Å². The van der Waals surface area contributed by atoms with Gasteiger partial charge in [0.15, 0.2) is 0 Å². The highest BCUT2D eigenvalue weighted by Gasteiger charge is 2.18. The molecule has 2 aromatic heterocycles. The Morgan fingerprint density at radius 2 is 2.11 bits per heavy atom. The highest BCUT2D eigenvalue weighted by molar-refractivity contribution is 7.18. The topological polar surface area (TPSA) is 78.3 Å². The molecular weight excluding hydrogens is 372 g/mol. The molecule has 0 saturated carbocycles. The maximum absolute atomic E-state index is 12.1. The molecule has 1 aliphatic rings. The Labute approximate surface area is 168 Å². The number of nitrogens with zero attached hydrogens (tertiary/aromatic N) is 3.